The molecule has 0 aliphatic carbocycles. The van der Waals surface area contributed by atoms with Crippen LogP contribution >= 0.6 is 0 Å². The Kier molecular flexibility index (Phi) is 3.71. The number of nitrogens with zero attached hydrogens (tertiary/aromatic N) is 4. The molecule has 1 aromatic carbocycles. The van der Waals surface area contributed by atoms with E-state index in [-0.39, 0.29) is 0 Å². The molecule has 4 rings (SSSR count). The summed E-state index contributed by atoms with van der Waals surface area (Å²) in [6.07, 6.45) is 3.71. The van der Waals surface area contributed by atoms with Crippen LogP contribution in [0.5, 0.6) is 11.5 Å². The molecule has 1 aromatic heterocycles. The maximum Gasteiger partial charge on any atom is 0.231 e. The Morgan fingerprint density at radius 2 is 1.87 bits per heavy atom. The lowest BCUT2D eigenvalue weighted by molar-refractivity contribution is 0.174. The Hall–Kier alpha value is -2.76. The molecule has 1 fully saturated rings. The monoisotopic (exact) mass is 310 g/mol. The molecule has 0 saturated carbocycles. The van der Waals surface area contributed by atoms with E-state index in [1.807, 2.05) is 48.8 Å². The smallest absolute Gasteiger partial charge is 0.231 e. The minimum Gasteiger partial charge on any atom is -0.454 e. The maximum absolute atomic E-state index is 5.38. The summed E-state index contributed by atoms with van der Waals surface area (Å²) < 4.78 is 10.7. The van der Waals surface area contributed by atoms with Gasteiger partial charge in [0.1, 0.15) is 5.82 Å². The summed E-state index contributed by atoms with van der Waals surface area (Å²) in [5.41, 5.74) is 1.02. The number of benzene rings is 1. The lowest BCUT2D eigenvalue weighted by Crippen LogP contribution is -2.44. The van der Waals surface area contributed by atoms with Gasteiger partial charge >= 0.3 is 0 Å². The molecule has 3 heterocycles. The van der Waals surface area contributed by atoms with Gasteiger partial charge in [0.15, 0.2) is 11.5 Å². The lowest BCUT2D eigenvalue weighted by atomic mass is 10.2. The number of piperazine rings is 1. The second kappa shape index (κ2) is 6.16. The van der Waals surface area contributed by atoms with E-state index in [1.165, 1.54) is 0 Å². The molecule has 0 N–H and O–H groups in total. The van der Waals surface area contributed by atoms with E-state index in [9.17, 15) is 0 Å². The summed E-state index contributed by atoms with van der Waals surface area (Å²) in [7, 11) is 0. The fraction of sp³-hybridized carbons (Fsp3) is 0.294. The van der Waals surface area contributed by atoms with Crippen LogP contribution in [0.1, 0.15) is 5.56 Å². The van der Waals surface area contributed by atoms with Gasteiger partial charge in [0, 0.05) is 19.3 Å². The Morgan fingerprint density at radius 3 is 2.70 bits per heavy atom. The van der Waals surface area contributed by atoms with Crippen molar-refractivity contribution in [2.75, 3.05) is 37.9 Å². The van der Waals surface area contributed by atoms with Crippen LogP contribution in [-0.2, 0) is 0 Å². The van der Waals surface area contributed by atoms with Crippen molar-refractivity contribution >= 4 is 12.0 Å². The van der Waals surface area contributed by atoms with Crippen LogP contribution < -0.4 is 14.4 Å². The van der Waals surface area contributed by atoms with Gasteiger partial charge in [-0.3, -0.25) is 5.01 Å². The number of rotatable bonds is 3. The zero-order valence-electron chi connectivity index (χ0n) is 12.8. The molecule has 1 saturated heterocycles. The van der Waals surface area contributed by atoms with E-state index in [0.29, 0.717) is 6.79 Å². The minimum atomic E-state index is 0.297. The molecular formula is C17H18N4O2. The number of aromatic nitrogens is 1. The molecule has 0 spiro atoms. The number of pyridine rings is 1. The number of hydrogen-bond donors (Lipinski definition) is 0. The second-order valence-electron chi connectivity index (χ2n) is 5.49. The number of fused-ring (bicyclic) bond motifs is 1. The number of hydrogen-bond acceptors (Lipinski definition) is 6. The van der Waals surface area contributed by atoms with Gasteiger partial charge in [-0.2, -0.15) is 5.10 Å². The summed E-state index contributed by atoms with van der Waals surface area (Å²) >= 11 is 0. The van der Waals surface area contributed by atoms with E-state index in [0.717, 1.165) is 49.1 Å². The average molecular weight is 310 g/mol. The van der Waals surface area contributed by atoms with E-state index in [2.05, 4.69) is 20.0 Å². The van der Waals surface area contributed by atoms with Crippen LogP contribution in [0, 0.1) is 0 Å². The Labute approximate surface area is 134 Å². The van der Waals surface area contributed by atoms with Gasteiger partial charge in [-0.1, -0.05) is 6.07 Å². The molecule has 0 bridgehead atoms. The number of anilines is 1. The normalized spacial score (nSPS) is 17.0. The quantitative estimate of drug-likeness (QED) is 0.811. The number of hydrazone groups is 1. The zero-order chi connectivity index (χ0) is 15.5. The first-order valence-electron chi connectivity index (χ1n) is 7.73. The molecule has 0 unspecified atom stereocenters. The second-order valence-corrected chi connectivity index (χ2v) is 5.49. The van der Waals surface area contributed by atoms with Crippen molar-refractivity contribution in [2.24, 2.45) is 5.10 Å². The van der Waals surface area contributed by atoms with Crippen LogP contribution in [-0.4, -0.2) is 49.2 Å². The first-order valence-corrected chi connectivity index (χ1v) is 7.73. The highest BCUT2D eigenvalue weighted by Gasteiger charge is 2.16. The summed E-state index contributed by atoms with van der Waals surface area (Å²) in [5, 5.41) is 6.66. The van der Waals surface area contributed by atoms with E-state index < -0.39 is 0 Å². The van der Waals surface area contributed by atoms with Crippen LogP contribution in [0.3, 0.4) is 0 Å². The summed E-state index contributed by atoms with van der Waals surface area (Å²) in [6, 6.07) is 11.9. The molecule has 118 valence electrons. The first kappa shape index (κ1) is 13.9. The van der Waals surface area contributed by atoms with Crippen molar-refractivity contribution in [2.45, 2.75) is 0 Å². The molecule has 0 atom stereocenters. The molecule has 2 aromatic rings. The van der Waals surface area contributed by atoms with Gasteiger partial charge in [-0.15, -0.1) is 0 Å². The van der Waals surface area contributed by atoms with Gasteiger partial charge in [0.25, 0.3) is 0 Å². The highest BCUT2D eigenvalue weighted by Crippen LogP contribution is 2.32. The predicted octanol–water partition coefficient (Wildman–Crippen LogP) is 1.97. The third-order valence-electron chi connectivity index (χ3n) is 4.00. The van der Waals surface area contributed by atoms with Gasteiger partial charge in [0.2, 0.25) is 6.79 Å². The van der Waals surface area contributed by atoms with E-state index >= 15 is 0 Å². The Bertz CT molecular complexity index is 697. The van der Waals surface area contributed by atoms with Crippen molar-refractivity contribution in [1.29, 1.82) is 0 Å². The first-order chi connectivity index (χ1) is 11.4. The summed E-state index contributed by atoms with van der Waals surface area (Å²) in [4.78, 5) is 6.68. The van der Waals surface area contributed by atoms with Crippen LogP contribution in [0.25, 0.3) is 0 Å². The highest BCUT2D eigenvalue weighted by molar-refractivity contribution is 5.80. The average Bonchev–Trinajstić information content (AvgIpc) is 3.09. The van der Waals surface area contributed by atoms with Crippen LogP contribution in [0.4, 0.5) is 5.82 Å². The van der Waals surface area contributed by atoms with Crippen LogP contribution in [0.15, 0.2) is 47.7 Å². The van der Waals surface area contributed by atoms with Crippen molar-refractivity contribution in [1.82, 2.24) is 9.99 Å². The van der Waals surface area contributed by atoms with Gasteiger partial charge in [0.05, 0.1) is 19.3 Å². The summed E-state index contributed by atoms with van der Waals surface area (Å²) in [5.74, 6) is 2.62. The van der Waals surface area contributed by atoms with E-state index in [1.54, 1.807) is 0 Å². The molecule has 0 radical (unpaired) electrons. The fourth-order valence-corrected chi connectivity index (χ4v) is 2.72. The third-order valence-corrected chi connectivity index (χ3v) is 4.00. The van der Waals surface area contributed by atoms with E-state index in [4.69, 9.17) is 9.47 Å². The largest absolute Gasteiger partial charge is 0.454 e. The topological polar surface area (TPSA) is 50.2 Å². The van der Waals surface area contributed by atoms with Gasteiger partial charge in [-0.25, -0.2) is 4.98 Å². The van der Waals surface area contributed by atoms with Gasteiger partial charge < -0.3 is 14.4 Å². The minimum absolute atomic E-state index is 0.297. The Morgan fingerprint density at radius 1 is 1.00 bits per heavy atom. The number of ether oxygens (including phenoxy) is 2. The van der Waals surface area contributed by atoms with Crippen molar-refractivity contribution < 1.29 is 9.47 Å². The van der Waals surface area contributed by atoms with Crippen LogP contribution in [0.2, 0.25) is 0 Å². The Balaban J connectivity index is 1.36. The zero-order valence-corrected chi connectivity index (χ0v) is 12.8. The maximum atomic E-state index is 5.38. The molecule has 23 heavy (non-hydrogen) atoms. The highest BCUT2D eigenvalue weighted by atomic mass is 16.7. The molecule has 6 heteroatoms. The molecule has 2 aliphatic rings. The molecule has 6 nitrogen and oxygen atoms in total. The summed E-state index contributed by atoms with van der Waals surface area (Å²) in [6.45, 7) is 3.92. The van der Waals surface area contributed by atoms with Crippen molar-refractivity contribution in [3.05, 3.63) is 48.2 Å². The fourth-order valence-electron chi connectivity index (χ4n) is 2.72. The molecule has 0 amide bonds. The molecular weight excluding hydrogens is 292 g/mol. The molecule has 2 aliphatic heterocycles. The third kappa shape index (κ3) is 3.06. The lowest BCUT2D eigenvalue weighted by Gasteiger charge is -2.33. The standard InChI is InChI=1S/C17H18N4O2/c1-2-6-18-17(3-1)20-7-9-21(10-8-20)19-12-14-4-5-15-16(11-14)23-13-22-15/h1-6,11-12H,7-10,13H2. The van der Waals surface area contributed by atoms with Crippen molar-refractivity contribution in [3.63, 3.8) is 0 Å². The SMILES string of the molecule is C(=NN1CCN(c2ccccn2)CC1)c1ccc2c(c1)OCO2. The van der Waals surface area contributed by atoms with Gasteiger partial charge in [-0.05, 0) is 35.9 Å². The van der Waals surface area contributed by atoms with Crippen molar-refractivity contribution in [3.8, 4) is 11.5 Å². The predicted molar refractivity (Wildman–Crippen MR) is 88.2 cm³/mol.